The van der Waals surface area contributed by atoms with Crippen molar-refractivity contribution >= 4 is 23.5 Å². The van der Waals surface area contributed by atoms with Crippen LogP contribution in [-0.4, -0.2) is 43.1 Å². The van der Waals surface area contributed by atoms with E-state index in [9.17, 15) is 14.4 Å². The van der Waals surface area contributed by atoms with Crippen molar-refractivity contribution in [2.45, 2.75) is 13.0 Å². The SMILES string of the molecule is O=C(O)Cc1cnnn1CC(=O)Nc1ccc(C(=O)O)cc1. The molecule has 0 aliphatic heterocycles. The largest absolute Gasteiger partial charge is 0.481 e. The van der Waals surface area contributed by atoms with E-state index in [-0.39, 0.29) is 18.5 Å². The van der Waals surface area contributed by atoms with Crippen molar-refractivity contribution in [3.05, 3.63) is 41.7 Å². The number of hydrogen-bond acceptors (Lipinski definition) is 5. The molecule has 9 heteroatoms. The smallest absolute Gasteiger partial charge is 0.335 e. The fourth-order valence-corrected chi connectivity index (χ4v) is 1.74. The van der Waals surface area contributed by atoms with Crippen LogP contribution in [0.15, 0.2) is 30.5 Å². The molecule has 0 aliphatic rings. The van der Waals surface area contributed by atoms with Crippen LogP contribution >= 0.6 is 0 Å². The molecule has 0 spiro atoms. The molecule has 1 heterocycles. The maximum atomic E-state index is 11.9. The van der Waals surface area contributed by atoms with E-state index in [1.807, 2.05) is 0 Å². The van der Waals surface area contributed by atoms with Gasteiger partial charge in [-0.05, 0) is 24.3 Å². The van der Waals surface area contributed by atoms with E-state index < -0.39 is 17.8 Å². The van der Waals surface area contributed by atoms with Gasteiger partial charge in [0.2, 0.25) is 5.91 Å². The van der Waals surface area contributed by atoms with Gasteiger partial charge in [0, 0.05) is 5.69 Å². The first-order valence-electron chi connectivity index (χ1n) is 6.18. The topological polar surface area (TPSA) is 134 Å². The summed E-state index contributed by atoms with van der Waals surface area (Å²) in [6, 6.07) is 5.65. The van der Waals surface area contributed by atoms with Crippen molar-refractivity contribution in [2.24, 2.45) is 0 Å². The van der Waals surface area contributed by atoms with E-state index in [2.05, 4.69) is 15.6 Å². The minimum absolute atomic E-state index is 0.109. The molecule has 0 bridgehead atoms. The highest BCUT2D eigenvalue weighted by Crippen LogP contribution is 2.10. The summed E-state index contributed by atoms with van der Waals surface area (Å²) in [7, 11) is 0. The number of anilines is 1. The van der Waals surface area contributed by atoms with Crippen molar-refractivity contribution < 1.29 is 24.6 Å². The van der Waals surface area contributed by atoms with Gasteiger partial charge in [-0.15, -0.1) is 5.10 Å². The number of carboxylic acids is 2. The zero-order valence-corrected chi connectivity index (χ0v) is 11.3. The van der Waals surface area contributed by atoms with Crippen molar-refractivity contribution in [3.63, 3.8) is 0 Å². The molecule has 0 radical (unpaired) electrons. The van der Waals surface area contributed by atoms with E-state index >= 15 is 0 Å². The molecular weight excluding hydrogens is 292 g/mol. The Labute approximate surface area is 124 Å². The second-order valence-electron chi connectivity index (χ2n) is 4.38. The van der Waals surface area contributed by atoms with Gasteiger partial charge in [-0.3, -0.25) is 9.59 Å². The lowest BCUT2D eigenvalue weighted by atomic mass is 10.2. The van der Waals surface area contributed by atoms with Gasteiger partial charge < -0.3 is 15.5 Å². The number of hydrogen-bond donors (Lipinski definition) is 3. The molecule has 1 aromatic heterocycles. The maximum Gasteiger partial charge on any atom is 0.335 e. The summed E-state index contributed by atoms with van der Waals surface area (Å²) < 4.78 is 1.19. The number of nitrogens with zero attached hydrogens (tertiary/aromatic N) is 3. The normalized spacial score (nSPS) is 10.2. The van der Waals surface area contributed by atoms with E-state index in [0.29, 0.717) is 11.4 Å². The van der Waals surface area contributed by atoms with E-state index in [1.54, 1.807) is 0 Å². The van der Waals surface area contributed by atoms with Crippen molar-refractivity contribution in [1.82, 2.24) is 15.0 Å². The first-order valence-corrected chi connectivity index (χ1v) is 6.18. The Balaban J connectivity index is 1.99. The second-order valence-corrected chi connectivity index (χ2v) is 4.38. The van der Waals surface area contributed by atoms with Gasteiger partial charge in [0.05, 0.1) is 23.9 Å². The molecule has 2 aromatic rings. The lowest BCUT2D eigenvalue weighted by molar-refractivity contribution is -0.136. The minimum Gasteiger partial charge on any atom is -0.481 e. The summed E-state index contributed by atoms with van der Waals surface area (Å²) in [4.78, 5) is 33.3. The molecule has 1 amide bonds. The molecular formula is C13H12N4O5. The van der Waals surface area contributed by atoms with Gasteiger partial charge in [-0.25, -0.2) is 9.48 Å². The molecule has 0 atom stereocenters. The number of aromatic nitrogens is 3. The number of carbonyl (C=O) groups is 3. The molecule has 9 nitrogen and oxygen atoms in total. The first kappa shape index (κ1) is 15.2. The minimum atomic E-state index is -1.06. The molecule has 0 saturated carbocycles. The predicted octanol–water partition coefficient (Wildman–Crippen LogP) is 0.242. The summed E-state index contributed by atoms with van der Waals surface area (Å²) in [5.41, 5.74) is 0.844. The lowest BCUT2D eigenvalue weighted by Gasteiger charge is -2.07. The summed E-state index contributed by atoms with van der Waals surface area (Å²) in [5.74, 6) is -2.53. The molecule has 0 saturated heterocycles. The predicted molar refractivity (Wildman–Crippen MR) is 73.4 cm³/mol. The summed E-state index contributed by atoms with van der Waals surface area (Å²) in [6.07, 6.45) is 0.997. The third-order valence-corrected chi connectivity index (χ3v) is 2.74. The third kappa shape index (κ3) is 3.88. The van der Waals surface area contributed by atoms with Crippen LogP contribution < -0.4 is 5.32 Å². The van der Waals surface area contributed by atoms with Gasteiger partial charge >= 0.3 is 11.9 Å². The Morgan fingerprint density at radius 2 is 1.82 bits per heavy atom. The highest BCUT2D eigenvalue weighted by Gasteiger charge is 2.12. The molecule has 114 valence electrons. The monoisotopic (exact) mass is 304 g/mol. The zero-order valence-electron chi connectivity index (χ0n) is 11.3. The fraction of sp³-hybridized carbons (Fsp3) is 0.154. The average molecular weight is 304 g/mol. The number of benzene rings is 1. The van der Waals surface area contributed by atoms with Crippen LogP contribution in [0.1, 0.15) is 16.1 Å². The fourth-order valence-electron chi connectivity index (χ4n) is 1.74. The lowest BCUT2D eigenvalue weighted by Crippen LogP contribution is -2.21. The first-order chi connectivity index (χ1) is 10.5. The molecule has 22 heavy (non-hydrogen) atoms. The number of aromatic carboxylic acids is 1. The van der Waals surface area contributed by atoms with Gasteiger partial charge in [-0.1, -0.05) is 5.21 Å². The van der Waals surface area contributed by atoms with Crippen molar-refractivity contribution in [2.75, 3.05) is 5.32 Å². The van der Waals surface area contributed by atoms with Crippen LogP contribution in [0.2, 0.25) is 0 Å². The molecule has 0 aliphatic carbocycles. The number of carbonyl (C=O) groups excluding carboxylic acids is 1. The number of amides is 1. The van der Waals surface area contributed by atoms with Crippen LogP contribution in [0.25, 0.3) is 0 Å². The number of aliphatic carboxylic acids is 1. The van der Waals surface area contributed by atoms with Gasteiger partial charge in [0.1, 0.15) is 6.54 Å². The molecule has 0 unspecified atom stereocenters. The highest BCUT2D eigenvalue weighted by atomic mass is 16.4. The highest BCUT2D eigenvalue weighted by molar-refractivity contribution is 5.92. The quantitative estimate of drug-likeness (QED) is 0.695. The zero-order chi connectivity index (χ0) is 16.1. The van der Waals surface area contributed by atoms with E-state index in [0.717, 1.165) is 0 Å². The van der Waals surface area contributed by atoms with Crippen LogP contribution in [0.3, 0.4) is 0 Å². The Morgan fingerprint density at radius 3 is 2.41 bits per heavy atom. The molecule has 0 fully saturated rings. The standard InChI is InChI=1S/C13H12N4O5/c18-11(7-17-10(5-12(19)20)6-14-16-17)15-9-3-1-8(2-4-9)13(21)22/h1-4,6H,5,7H2,(H,15,18)(H,19,20)(H,21,22). The van der Waals surface area contributed by atoms with Crippen molar-refractivity contribution in [1.29, 1.82) is 0 Å². The molecule has 2 rings (SSSR count). The van der Waals surface area contributed by atoms with E-state index in [4.69, 9.17) is 10.2 Å². The Kier molecular flexibility index (Phi) is 4.47. The van der Waals surface area contributed by atoms with Gasteiger partial charge in [-0.2, -0.15) is 0 Å². The summed E-state index contributed by atoms with van der Waals surface area (Å²) in [6.45, 7) is -0.191. The van der Waals surface area contributed by atoms with Crippen LogP contribution in [-0.2, 0) is 22.6 Å². The Bertz CT molecular complexity index is 707. The van der Waals surface area contributed by atoms with Crippen LogP contribution in [0.5, 0.6) is 0 Å². The molecule has 3 N–H and O–H groups in total. The van der Waals surface area contributed by atoms with E-state index in [1.165, 1.54) is 35.1 Å². The maximum absolute atomic E-state index is 11.9. The summed E-state index contributed by atoms with van der Waals surface area (Å²) in [5, 5.41) is 27.3. The third-order valence-electron chi connectivity index (χ3n) is 2.74. The number of nitrogens with one attached hydrogen (secondary N) is 1. The van der Waals surface area contributed by atoms with Gasteiger partial charge in [0.25, 0.3) is 0 Å². The number of carboxylic acid groups (broad SMARTS) is 2. The second kappa shape index (κ2) is 6.48. The summed E-state index contributed by atoms with van der Waals surface area (Å²) >= 11 is 0. The average Bonchev–Trinajstić information content (AvgIpc) is 2.85. The van der Waals surface area contributed by atoms with Gasteiger partial charge in [0.15, 0.2) is 0 Å². The number of rotatable bonds is 6. The Morgan fingerprint density at radius 1 is 1.14 bits per heavy atom. The van der Waals surface area contributed by atoms with Crippen molar-refractivity contribution in [3.8, 4) is 0 Å². The van der Waals surface area contributed by atoms with Crippen LogP contribution in [0.4, 0.5) is 5.69 Å². The van der Waals surface area contributed by atoms with Crippen LogP contribution in [0, 0.1) is 0 Å². The molecule has 1 aromatic carbocycles. The Hall–Kier alpha value is -3.23.